The lowest BCUT2D eigenvalue weighted by atomic mass is 10.1. The fourth-order valence-corrected chi connectivity index (χ4v) is 0.960. The number of carbonyl (C=O) groups is 1. The standard InChI is InChI=1S/C9H17NO3/c1-8(2,3)10-7(12)13-9(6-11)4-5-9/h11H,4-6H2,1-3H3,(H,10,12). The van der Waals surface area contributed by atoms with Crippen molar-refractivity contribution >= 4 is 6.09 Å². The fraction of sp³-hybridized carbons (Fsp3) is 0.889. The molecule has 0 unspecified atom stereocenters. The van der Waals surface area contributed by atoms with Crippen LogP contribution in [0.25, 0.3) is 0 Å². The summed E-state index contributed by atoms with van der Waals surface area (Å²) < 4.78 is 5.07. The van der Waals surface area contributed by atoms with Crippen LogP contribution < -0.4 is 5.32 Å². The SMILES string of the molecule is CC(C)(C)NC(=O)OC1(CO)CC1. The molecular formula is C9H17NO3. The van der Waals surface area contributed by atoms with Crippen molar-refractivity contribution in [2.75, 3.05) is 6.61 Å². The largest absolute Gasteiger partial charge is 0.440 e. The summed E-state index contributed by atoms with van der Waals surface area (Å²) in [6.45, 7) is 5.57. The summed E-state index contributed by atoms with van der Waals surface area (Å²) in [6.07, 6.45) is 1.08. The molecule has 0 spiro atoms. The van der Waals surface area contributed by atoms with Gasteiger partial charge in [0.05, 0.1) is 6.61 Å². The third-order valence-electron chi connectivity index (χ3n) is 1.88. The normalized spacial score (nSPS) is 19.4. The third kappa shape index (κ3) is 3.22. The first-order chi connectivity index (χ1) is 5.87. The average Bonchev–Trinajstić information content (AvgIpc) is 2.65. The maximum atomic E-state index is 11.2. The Morgan fingerprint density at radius 3 is 2.38 bits per heavy atom. The van der Waals surface area contributed by atoms with Crippen molar-refractivity contribution < 1.29 is 14.6 Å². The second-order valence-corrected chi connectivity index (χ2v) is 4.61. The monoisotopic (exact) mass is 187 g/mol. The number of hydrogen-bond acceptors (Lipinski definition) is 3. The average molecular weight is 187 g/mol. The second-order valence-electron chi connectivity index (χ2n) is 4.61. The summed E-state index contributed by atoms with van der Waals surface area (Å²) in [4.78, 5) is 11.2. The van der Waals surface area contributed by atoms with Crippen LogP contribution in [0.3, 0.4) is 0 Å². The summed E-state index contributed by atoms with van der Waals surface area (Å²) >= 11 is 0. The number of rotatable bonds is 2. The molecule has 4 nitrogen and oxygen atoms in total. The molecule has 0 aromatic rings. The summed E-state index contributed by atoms with van der Waals surface area (Å²) in [5.41, 5.74) is -0.863. The molecule has 0 saturated heterocycles. The maximum Gasteiger partial charge on any atom is 0.408 e. The van der Waals surface area contributed by atoms with Gasteiger partial charge >= 0.3 is 6.09 Å². The molecule has 1 saturated carbocycles. The van der Waals surface area contributed by atoms with Crippen molar-refractivity contribution in [3.63, 3.8) is 0 Å². The van der Waals surface area contributed by atoms with E-state index < -0.39 is 11.7 Å². The van der Waals surface area contributed by atoms with Gasteiger partial charge in [-0.2, -0.15) is 0 Å². The Morgan fingerprint density at radius 1 is 1.54 bits per heavy atom. The first kappa shape index (κ1) is 10.3. The van der Waals surface area contributed by atoms with E-state index in [1.54, 1.807) is 0 Å². The van der Waals surface area contributed by atoms with Gasteiger partial charge in [-0.1, -0.05) is 0 Å². The molecule has 0 aromatic carbocycles. The van der Waals surface area contributed by atoms with Crippen LogP contribution in [0.2, 0.25) is 0 Å². The Hall–Kier alpha value is -0.770. The van der Waals surface area contributed by atoms with Crippen LogP contribution >= 0.6 is 0 Å². The number of aliphatic hydroxyl groups excluding tert-OH is 1. The van der Waals surface area contributed by atoms with Crippen LogP contribution in [0, 0.1) is 0 Å². The molecule has 4 heteroatoms. The van der Waals surface area contributed by atoms with Gasteiger partial charge in [-0.25, -0.2) is 4.79 Å². The van der Waals surface area contributed by atoms with Crippen LogP contribution in [-0.2, 0) is 4.74 Å². The number of carbonyl (C=O) groups excluding carboxylic acids is 1. The van der Waals surface area contributed by atoms with E-state index >= 15 is 0 Å². The zero-order valence-electron chi connectivity index (χ0n) is 8.39. The van der Waals surface area contributed by atoms with Gasteiger partial charge in [0.1, 0.15) is 5.60 Å². The Bertz CT molecular complexity index is 203. The Kier molecular flexibility index (Phi) is 2.52. The van der Waals surface area contributed by atoms with E-state index in [1.807, 2.05) is 20.8 Å². The van der Waals surface area contributed by atoms with E-state index in [0.29, 0.717) is 0 Å². The van der Waals surface area contributed by atoms with Crippen molar-refractivity contribution in [1.82, 2.24) is 5.32 Å². The molecule has 2 N–H and O–H groups in total. The van der Waals surface area contributed by atoms with Gasteiger partial charge < -0.3 is 15.2 Å². The highest BCUT2D eigenvalue weighted by Gasteiger charge is 2.46. The summed E-state index contributed by atoms with van der Waals surface area (Å²) in [5.74, 6) is 0. The van der Waals surface area contributed by atoms with E-state index in [4.69, 9.17) is 9.84 Å². The predicted molar refractivity (Wildman–Crippen MR) is 48.4 cm³/mol. The molecule has 13 heavy (non-hydrogen) atoms. The van der Waals surface area contributed by atoms with Gasteiger partial charge in [0.2, 0.25) is 0 Å². The number of amides is 1. The maximum absolute atomic E-state index is 11.2. The molecule has 0 heterocycles. The van der Waals surface area contributed by atoms with E-state index in [0.717, 1.165) is 12.8 Å². The lowest BCUT2D eigenvalue weighted by Gasteiger charge is -2.22. The van der Waals surface area contributed by atoms with Gasteiger partial charge in [0.15, 0.2) is 0 Å². The molecule has 1 amide bonds. The zero-order valence-corrected chi connectivity index (χ0v) is 8.39. The van der Waals surface area contributed by atoms with Crippen molar-refractivity contribution in [2.45, 2.75) is 44.8 Å². The molecule has 1 aliphatic carbocycles. The highest BCUT2D eigenvalue weighted by atomic mass is 16.6. The first-order valence-electron chi connectivity index (χ1n) is 4.49. The van der Waals surface area contributed by atoms with Crippen LogP contribution in [0.1, 0.15) is 33.6 Å². The Labute approximate surface area is 78.3 Å². The van der Waals surface area contributed by atoms with Crippen molar-refractivity contribution in [3.8, 4) is 0 Å². The topological polar surface area (TPSA) is 58.6 Å². The minimum Gasteiger partial charge on any atom is -0.440 e. The molecular weight excluding hydrogens is 170 g/mol. The van der Waals surface area contributed by atoms with E-state index in [-0.39, 0.29) is 12.1 Å². The molecule has 0 aromatic heterocycles. The minimum atomic E-state index is -0.574. The van der Waals surface area contributed by atoms with Crippen LogP contribution in [0.5, 0.6) is 0 Å². The fourth-order valence-electron chi connectivity index (χ4n) is 0.960. The zero-order chi connectivity index (χ0) is 10.1. The first-order valence-corrected chi connectivity index (χ1v) is 4.49. The van der Waals surface area contributed by atoms with E-state index in [1.165, 1.54) is 0 Å². The van der Waals surface area contributed by atoms with Crippen LogP contribution in [0.15, 0.2) is 0 Å². The summed E-state index contributed by atoms with van der Waals surface area (Å²) in [6, 6.07) is 0. The highest BCUT2D eigenvalue weighted by Crippen LogP contribution is 2.38. The van der Waals surface area contributed by atoms with Gasteiger partial charge in [-0.05, 0) is 33.6 Å². The van der Waals surface area contributed by atoms with Gasteiger partial charge in [-0.15, -0.1) is 0 Å². The van der Waals surface area contributed by atoms with Crippen LogP contribution in [0.4, 0.5) is 4.79 Å². The lowest BCUT2D eigenvalue weighted by Crippen LogP contribution is -2.43. The predicted octanol–water partition coefficient (Wildman–Crippen LogP) is 1.04. The number of ether oxygens (including phenoxy) is 1. The molecule has 0 bridgehead atoms. The second kappa shape index (κ2) is 3.18. The van der Waals surface area contributed by atoms with Crippen molar-refractivity contribution in [3.05, 3.63) is 0 Å². The number of aliphatic hydroxyl groups is 1. The molecule has 1 aliphatic rings. The molecule has 0 radical (unpaired) electrons. The molecule has 1 fully saturated rings. The number of hydrogen-bond donors (Lipinski definition) is 2. The third-order valence-corrected chi connectivity index (χ3v) is 1.88. The quantitative estimate of drug-likeness (QED) is 0.679. The molecule has 76 valence electrons. The minimum absolute atomic E-state index is 0.0788. The summed E-state index contributed by atoms with van der Waals surface area (Å²) in [7, 11) is 0. The van der Waals surface area contributed by atoms with Gasteiger partial charge in [0, 0.05) is 5.54 Å². The van der Waals surface area contributed by atoms with Crippen LogP contribution in [-0.4, -0.2) is 28.9 Å². The highest BCUT2D eigenvalue weighted by molar-refractivity contribution is 5.69. The van der Waals surface area contributed by atoms with Gasteiger partial charge in [0.25, 0.3) is 0 Å². The molecule has 0 atom stereocenters. The Balaban J connectivity index is 2.34. The van der Waals surface area contributed by atoms with Crippen molar-refractivity contribution in [1.29, 1.82) is 0 Å². The van der Waals surface area contributed by atoms with E-state index in [2.05, 4.69) is 5.32 Å². The van der Waals surface area contributed by atoms with Crippen molar-refractivity contribution in [2.24, 2.45) is 0 Å². The smallest absolute Gasteiger partial charge is 0.408 e. The van der Waals surface area contributed by atoms with E-state index in [9.17, 15) is 4.79 Å². The molecule has 0 aliphatic heterocycles. The molecule has 1 rings (SSSR count). The summed E-state index contributed by atoms with van der Waals surface area (Å²) in [5, 5.41) is 11.6. The number of alkyl carbamates (subject to hydrolysis) is 1. The Morgan fingerprint density at radius 2 is 2.08 bits per heavy atom. The van der Waals surface area contributed by atoms with Gasteiger partial charge in [-0.3, -0.25) is 0 Å². The lowest BCUT2D eigenvalue weighted by molar-refractivity contribution is 0.0371. The number of nitrogens with one attached hydrogen (secondary N) is 1.